The predicted octanol–water partition coefficient (Wildman–Crippen LogP) is 2.74. The molecule has 0 aliphatic rings. The highest BCUT2D eigenvalue weighted by Crippen LogP contribution is 2.08. The highest BCUT2D eigenvalue weighted by Gasteiger charge is 2.22. The molecule has 1 aromatic carbocycles. The van der Waals surface area contributed by atoms with E-state index >= 15 is 0 Å². The Morgan fingerprint density at radius 2 is 1.83 bits per heavy atom. The van der Waals surface area contributed by atoms with E-state index < -0.39 is 6.04 Å². The van der Waals surface area contributed by atoms with Crippen LogP contribution in [0.5, 0.6) is 0 Å². The Balaban J connectivity index is 1.98. The molecule has 0 aliphatic heterocycles. The minimum absolute atomic E-state index is 0.209. The molecule has 2 aromatic rings. The van der Waals surface area contributed by atoms with Gasteiger partial charge in [0.25, 0.3) is 5.91 Å². The number of rotatable bonds is 7. The lowest BCUT2D eigenvalue weighted by atomic mass is 10.0. The van der Waals surface area contributed by atoms with Gasteiger partial charge < -0.3 is 15.1 Å². The molecule has 1 aromatic heterocycles. The van der Waals surface area contributed by atoms with Crippen LogP contribution >= 0.6 is 0 Å². The number of nitrogens with one attached hydrogen (secondary N) is 2. The van der Waals surface area contributed by atoms with E-state index in [-0.39, 0.29) is 17.7 Å². The van der Waals surface area contributed by atoms with Gasteiger partial charge in [-0.25, -0.2) is 0 Å². The van der Waals surface area contributed by atoms with E-state index in [1.54, 1.807) is 42.7 Å². The van der Waals surface area contributed by atoms with E-state index in [1.807, 2.05) is 19.9 Å². The quantitative estimate of drug-likeness (QED) is 0.825. The zero-order valence-corrected chi connectivity index (χ0v) is 13.4. The molecule has 0 saturated heterocycles. The number of hydrogen-bond acceptors (Lipinski definition) is 3. The molecule has 0 unspecified atom stereocenters. The number of furan rings is 1. The van der Waals surface area contributed by atoms with Crippen LogP contribution in [0.3, 0.4) is 0 Å². The number of hydrogen-bond donors (Lipinski definition) is 2. The Labute approximate surface area is 136 Å². The maximum absolute atomic E-state index is 12.4. The minimum atomic E-state index is -0.572. The fourth-order valence-electron chi connectivity index (χ4n) is 2.24. The van der Waals surface area contributed by atoms with Gasteiger partial charge in [-0.2, -0.15) is 0 Å². The topological polar surface area (TPSA) is 71.3 Å². The number of benzene rings is 1. The molecule has 0 bridgehead atoms. The summed E-state index contributed by atoms with van der Waals surface area (Å²) in [5.74, 6) is 0.505. The lowest BCUT2D eigenvalue weighted by molar-refractivity contribution is -0.123. The van der Waals surface area contributed by atoms with Crippen molar-refractivity contribution in [3.8, 4) is 0 Å². The van der Waals surface area contributed by atoms with Crippen molar-refractivity contribution in [1.82, 2.24) is 10.6 Å². The third-order valence-corrected chi connectivity index (χ3v) is 3.38. The van der Waals surface area contributed by atoms with Gasteiger partial charge in [-0.15, -0.1) is 0 Å². The molecule has 0 saturated carbocycles. The summed E-state index contributed by atoms with van der Waals surface area (Å²) in [4.78, 5) is 24.6. The van der Waals surface area contributed by atoms with E-state index in [2.05, 4.69) is 10.6 Å². The van der Waals surface area contributed by atoms with Gasteiger partial charge in [0.15, 0.2) is 0 Å². The van der Waals surface area contributed by atoms with Crippen molar-refractivity contribution in [2.24, 2.45) is 5.92 Å². The first-order chi connectivity index (χ1) is 11.1. The SMILES string of the molecule is CC(C)C[C@@H](NC(=O)c1ccccc1)C(=O)NCc1ccco1. The van der Waals surface area contributed by atoms with Crippen LogP contribution in [0.25, 0.3) is 0 Å². The summed E-state index contributed by atoms with van der Waals surface area (Å²) in [5, 5.41) is 5.61. The lowest BCUT2D eigenvalue weighted by Gasteiger charge is -2.20. The molecule has 0 spiro atoms. The lowest BCUT2D eigenvalue weighted by Crippen LogP contribution is -2.47. The Bertz CT molecular complexity index is 621. The second-order valence-corrected chi connectivity index (χ2v) is 5.82. The Kier molecular flexibility index (Phi) is 5.97. The smallest absolute Gasteiger partial charge is 0.251 e. The van der Waals surface area contributed by atoms with Gasteiger partial charge in [0.1, 0.15) is 11.8 Å². The average Bonchev–Trinajstić information content (AvgIpc) is 3.05. The van der Waals surface area contributed by atoms with E-state index in [1.165, 1.54) is 0 Å². The fraction of sp³-hybridized carbons (Fsp3) is 0.333. The molecule has 2 amide bonds. The van der Waals surface area contributed by atoms with Crippen LogP contribution < -0.4 is 10.6 Å². The minimum Gasteiger partial charge on any atom is -0.467 e. The average molecular weight is 314 g/mol. The molecule has 5 heteroatoms. The maximum atomic E-state index is 12.4. The van der Waals surface area contributed by atoms with Crippen LogP contribution in [0, 0.1) is 5.92 Å². The highest BCUT2D eigenvalue weighted by atomic mass is 16.3. The van der Waals surface area contributed by atoms with Gasteiger partial charge in [0, 0.05) is 5.56 Å². The normalized spacial score (nSPS) is 12.0. The van der Waals surface area contributed by atoms with Crippen molar-refractivity contribution in [2.75, 3.05) is 0 Å². The number of carbonyl (C=O) groups excluding carboxylic acids is 2. The Hall–Kier alpha value is -2.56. The molecule has 5 nitrogen and oxygen atoms in total. The first-order valence-electron chi connectivity index (χ1n) is 7.72. The highest BCUT2D eigenvalue weighted by molar-refractivity contribution is 5.97. The van der Waals surface area contributed by atoms with Crippen molar-refractivity contribution in [3.05, 3.63) is 60.1 Å². The molecule has 0 radical (unpaired) electrons. The third-order valence-electron chi connectivity index (χ3n) is 3.38. The molecule has 23 heavy (non-hydrogen) atoms. The summed E-state index contributed by atoms with van der Waals surface area (Å²) in [6, 6.07) is 11.9. The maximum Gasteiger partial charge on any atom is 0.251 e. The number of carbonyl (C=O) groups is 2. The van der Waals surface area contributed by atoms with E-state index in [9.17, 15) is 9.59 Å². The zero-order valence-electron chi connectivity index (χ0n) is 13.4. The summed E-state index contributed by atoms with van der Waals surface area (Å²) in [6.07, 6.45) is 2.13. The zero-order chi connectivity index (χ0) is 16.7. The van der Waals surface area contributed by atoms with Gasteiger partial charge >= 0.3 is 0 Å². The molecule has 0 aliphatic carbocycles. The first kappa shape index (κ1) is 16.8. The summed E-state index contributed by atoms with van der Waals surface area (Å²) in [6.45, 7) is 4.34. The van der Waals surface area contributed by atoms with Crippen LogP contribution in [0.4, 0.5) is 0 Å². The summed E-state index contributed by atoms with van der Waals surface area (Å²) in [7, 11) is 0. The second-order valence-electron chi connectivity index (χ2n) is 5.82. The predicted molar refractivity (Wildman–Crippen MR) is 87.7 cm³/mol. The van der Waals surface area contributed by atoms with Crippen LogP contribution in [-0.2, 0) is 11.3 Å². The molecule has 2 rings (SSSR count). The second kappa shape index (κ2) is 8.17. The van der Waals surface area contributed by atoms with E-state index in [4.69, 9.17) is 4.42 Å². The van der Waals surface area contributed by atoms with E-state index in [0.717, 1.165) is 0 Å². The van der Waals surface area contributed by atoms with Gasteiger partial charge in [-0.1, -0.05) is 32.0 Å². The monoisotopic (exact) mass is 314 g/mol. The van der Waals surface area contributed by atoms with Gasteiger partial charge in [-0.3, -0.25) is 9.59 Å². The van der Waals surface area contributed by atoms with Gasteiger partial charge in [-0.05, 0) is 36.6 Å². The van der Waals surface area contributed by atoms with Crippen molar-refractivity contribution in [1.29, 1.82) is 0 Å². The molecular formula is C18H22N2O3. The van der Waals surface area contributed by atoms with Crippen molar-refractivity contribution in [3.63, 3.8) is 0 Å². The number of amides is 2. The molecule has 2 N–H and O–H groups in total. The van der Waals surface area contributed by atoms with Crippen molar-refractivity contribution in [2.45, 2.75) is 32.9 Å². The molecule has 0 fully saturated rings. The Morgan fingerprint density at radius 1 is 1.09 bits per heavy atom. The van der Waals surface area contributed by atoms with E-state index in [0.29, 0.717) is 24.3 Å². The molecular weight excluding hydrogens is 292 g/mol. The first-order valence-corrected chi connectivity index (χ1v) is 7.72. The van der Waals surface area contributed by atoms with Crippen molar-refractivity contribution < 1.29 is 14.0 Å². The standard InChI is InChI=1S/C18H22N2O3/c1-13(2)11-16(18(22)19-12-15-9-6-10-23-15)20-17(21)14-7-4-3-5-8-14/h3-10,13,16H,11-12H2,1-2H3,(H,19,22)(H,20,21)/t16-/m1/s1. The largest absolute Gasteiger partial charge is 0.467 e. The molecule has 1 atom stereocenters. The van der Waals surface area contributed by atoms with Crippen LogP contribution in [-0.4, -0.2) is 17.9 Å². The third kappa shape index (κ3) is 5.29. The van der Waals surface area contributed by atoms with Crippen molar-refractivity contribution >= 4 is 11.8 Å². The molecule has 1 heterocycles. The fourth-order valence-corrected chi connectivity index (χ4v) is 2.24. The molecule has 122 valence electrons. The van der Waals surface area contributed by atoms with Gasteiger partial charge in [0.05, 0.1) is 12.8 Å². The van der Waals surface area contributed by atoms with Gasteiger partial charge in [0.2, 0.25) is 5.91 Å². The van der Waals surface area contributed by atoms with Crippen LogP contribution in [0.15, 0.2) is 53.1 Å². The van der Waals surface area contributed by atoms with Crippen LogP contribution in [0.2, 0.25) is 0 Å². The van der Waals surface area contributed by atoms with Crippen LogP contribution in [0.1, 0.15) is 36.4 Å². The summed E-state index contributed by atoms with van der Waals surface area (Å²) in [5.41, 5.74) is 0.542. The Morgan fingerprint density at radius 3 is 2.43 bits per heavy atom. The summed E-state index contributed by atoms with van der Waals surface area (Å²) >= 11 is 0. The summed E-state index contributed by atoms with van der Waals surface area (Å²) < 4.78 is 5.19.